The van der Waals surface area contributed by atoms with Gasteiger partial charge < -0.3 is 14.9 Å². The summed E-state index contributed by atoms with van der Waals surface area (Å²) in [6.45, 7) is 6.52. The van der Waals surface area contributed by atoms with Crippen molar-refractivity contribution in [3.63, 3.8) is 0 Å². The molecule has 0 aliphatic carbocycles. The zero-order valence-corrected chi connectivity index (χ0v) is 16.5. The fourth-order valence-electron chi connectivity index (χ4n) is 4.93. The summed E-state index contributed by atoms with van der Waals surface area (Å²) in [7, 11) is 0. The summed E-state index contributed by atoms with van der Waals surface area (Å²) >= 11 is 0. The van der Waals surface area contributed by atoms with Gasteiger partial charge in [0.05, 0.1) is 31.3 Å². The Morgan fingerprint density at radius 2 is 1.96 bits per heavy atom. The van der Waals surface area contributed by atoms with Gasteiger partial charge in [0.1, 0.15) is 18.5 Å². The highest BCUT2D eigenvalue weighted by molar-refractivity contribution is 5.56. The van der Waals surface area contributed by atoms with Crippen LogP contribution in [0.25, 0.3) is 0 Å². The molecule has 0 saturated carbocycles. The predicted molar refractivity (Wildman–Crippen MR) is 104 cm³/mol. The Labute approximate surface area is 166 Å². The van der Waals surface area contributed by atoms with Crippen LogP contribution in [0.15, 0.2) is 24.3 Å². The van der Waals surface area contributed by atoms with Crippen LogP contribution in [0.3, 0.4) is 0 Å². The number of amides is 1. The summed E-state index contributed by atoms with van der Waals surface area (Å²) in [5.74, 6) is 1.36. The number of ether oxygens (including phenoxy) is 1. The number of β-amino-alcohol motifs (C(OH)–C–C–N with tert-alkyl or cyclic N) is 1. The van der Waals surface area contributed by atoms with E-state index in [9.17, 15) is 15.0 Å². The third-order valence-electron chi connectivity index (χ3n) is 5.87. The Kier molecular flexibility index (Phi) is 6.55. The first-order valence-electron chi connectivity index (χ1n) is 10.1. The minimum absolute atomic E-state index is 0.197. The molecule has 3 atom stereocenters. The van der Waals surface area contributed by atoms with Crippen molar-refractivity contribution in [2.24, 2.45) is 11.8 Å². The van der Waals surface area contributed by atoms with Crippen LogP contribution < -0.4 is 4.74 Å². The van der Waals surface area contributed by atoms with Crippen molar-refractivity contribution in [2.75, 3.05) is 45.9 Å². The van der Waals surface area contributed by atoms with E-state index in [1.807, 2.05) is 6.92 Å². The number of nitrogens with zero attached hydrogens (tertiary/aromatic N) is 3. The van der Waals surface area contributed by atoms with E-state index in [-0.39, 0.29) is 11.1 Å². The van der Waals surface area contributed by atoms with E-state index in [1.54, 1.807) is 24.3 Å². The van der Waals surface area contributed by atoms with Crippen LogP contribution in [-0.4, -0.2) is 77.7 Å². The number of fused-ring (bicyclic) bond motifs is 2. The quantitative estimate of drug-likeness (QED) is 0.695. The molecule has 2 bridgehead atoms. The highest BCUT2D eigenvalue weighted by Crippen LogP contribution is 2.33. The van der Waals surface area contributed by atoms with Gasteiger partial charge in [0.15, 0.2) is 0 Å². The molecule has 2 heterocycles. The lowest BCUT2D eigenvalue weighted by molar-refractivity contribution is -0.871. The lowest BCUT2D eigenvalue weighted by Gasteiger charge is -2.48. The van der Waals surface area contributed by atoms with Crippen LogP contribution in [0.4, 0.5) is 4.79 Å². The average molecular weight is 388 g/mol. The third-order valence-corrected chi connectivity index (χ3v) is 5.87. The van der Waals surface area contributed by atoms with Crippen LogP contribution in [0.2, 0.25) is 0 Å². The Morgan fingerprint density at radius 1 is 1.32 bits per heavy atom. The maximum absolute atomic E-state index is 11.9. The van der Waals surface area contributed by atoms with Gasteiger partial charge in [0.25, 0.3) is 0 Å². The Hall–Kier alpha value is -2.14. The molecule has 0 spiro atoms. The number of hydrogen-bond acceptors (Lipinski definition) is 5. The molecule has 2 saturated heterocycles. The smallest absolute Gasteiger partial charge is 0.491 e. The third kappa shape index (κ3) is 4.82. The van der Waals surface area contributed by atoms with Crippen molar-refractivity contribution >= 4 is 6.09 Å². The molecule has 0 aromatic heterocycles. The topological polar surface area (TPSA) is 93.8 Å². The highest BCUT2D eigenvalue weighted by Gasteiger charge is 2.48. The molecular formula is C21H30N3O4+. The molecule has 7 heteroatoms. The standard InChI is InChI=1S/C21H29N3O4/c1-2-7-24(21(26)27)13-17-8-18(14-24)11-23(10-17)12-19(25)15-28-20-5-3-16(9-22)4-6-20/h3-6,17-19,25H,2,7-8,10-15H2,1H3/p+1. The van der Waals surface area contributed by atoms with Gasteiger partial charge in [-0.15, -0.1) is 0 Å². The largest absolute Gasteiger partial charge is 0.513 e. The van der Waals surface area contributed by atoms with E-state index in [1.165, 1.54) is 0 Å². The number of hydrogen-bond donors (Lipinski definition) is 2. The van der Waals surface area contributed by atoms with E-state index < -0.39 is 12.2 Å². The van der Waals surface area contributed by atoms with E-state index in [0.29, 0.717) is 49.3 Å². The molecule has 0 radical (unpaired) electrons. The Morgan fingerprint density at radius 3 is 2.50 bits per heavy atom. The molecule has 2 fully saturated rings. The number of nitriles is 1. The maximum atomic E-state index is 11.9. The van der Waals surface area contributed by atoms with Crippen molar-refractivity contribution in [3.8, 4) is 11.8 Å². The second-order valence-corrected chi connectivity index (χ2v) is 8.30. The van der Waals surface area contributed by atoms with Gasteiger partial charge in [0, 0.05) is 31.5 Å². The molecule has 1 aromatic carbocycles. The van der Waals surface area contributed by atoms with Crippen molar-refractivity contribution in [1.82, 2.24) is 4.90 Å². The normalized spacial score (nSPS) is 28.3. The molecule has 2 N–H and O–H groups in total. The first-order valence-corrected chi connectivity index (χ1v) is 10.1. The van der Waals surface area contributed by atoms with Gasteiger partial charge in [-0.1, -0.05) is 6.92 Å². The van der Waals surface area contributed by atoms with Crippen LogP contribution in [0, 0.1) is 23.2 Å². The van der Waals surface area contributed by atoms with Crippen molar-refractivity contribution in [3.05, 3.63) is 29.8 Å². The van der Waals surface area contributed by atoms with Crippen molar-refractivity contribution in [1.29, 1.82) is 5.26 Å². The van der Waals surface area contributed by atoms with Crippen LogP contribution >= 0.6 is 0 Å². The number of benzene rings is 1. The second kappa shape index (κ2) is 8.91. The van der Waals surface area contributed by atoms with Gasteiger partial charge >= 0.3 is 6.09 Å². The van der Waals surface area contributed by atoms with Crippen LogP contribution in [-0.2, 0) is 0 Å². The first kappa shape index (κ1) is 20.6. The Bertz CT molecular complexity index is 701. The number of likely N-dealkylation sites (tertiary alicyclic amines) is 2. The number of carboxylic acid groups (broad SMARTS) is 1. The molecule has 152 valence electrons. The maximum Gasteiger partial charge on any atom is 0.513 e. The van der Waals surface area contributed by atoms with E-state index in [0.717, 1.165) is 25.9 Å². The molecule has 1 amide bonds. The van der Waals surface area contributed by atoms with Crippen molar-refractivity contribution in [2.45, 2.75) is 25.9 Å². The number of piperidine rings is 2. The summed E-state index contributed by atoms with van der Waals surface area (Å²) in [4.78, 5) is 14.2. The molecule has 3 unspecified atom stereocenters. The van der Waals surface area contributed by atoms with Gasteiger partial charge in [-0.25, -0.2) is 4.48 Å². The summed E-state index contributed by atoms with van der Waals surface area (Å²) in [5.41, 5.74) is 0.576. The lowest BCUT2D eigenvalue weighted by Crippen LogP contribution is -2.65. The molecule has 2 aliphatic heterocycles. The van der Waals surface area contributed by atoms with Crippen LogP contribution in [0.5, 0.6) is 5.75 Å². The second-order valence-electron chi connectivity index (χ2n) is 8.30. The van der Waals surface area contributed by atoms with Gasteiger partial charge in [-0.3, -0.25) is 4.90 Å². The summed E-state index contributed by atoms with van der Waals surface area (Å²) in [5, 5.41) is 29.0. The molecule has 7 nitrogen and oxygen atoms in total. The monoisotopic (exact) mass is 388 g/mol. The van der Waals surface area contributed by atoms with E-state index in [2.05, 4.69) is 11.0 Å². The van der Waals surface area contributed by atoms with Gasteiger partial charge in [-0.2, -0.15) is 10.1 Å². The Balaban J connectivity index is 1.50. The number of aliphatic hydroxyl groups excluding tert-OH is 1. The fraction of sp³-hybridized carbons (Fsp3) is 0.619. The molecular weight excluding hydrogens is 358 g/mol. The fourth-order valence-corrected chi connectivity index (χ4v) is 4.93. The molecule has 1 aromatic rings. The first-order chi connectivity index (χ1) is 13.4. The minimum Gasteiger partial charge on any atom is -0.491 e. The highest BCUT2D eigenvalue weighted by atomic mass is 16.5. The van der Waals surface area contributed by atoms with E-state index in [4.69, 9.17) is 10.00 Å². The number of carbonyl (C=O) groups is 1. The molecule has 2 aliphatic rings. The number of rotatable bonds is 7. The van der Waals surface area contributed by atoms with Gasteiger partial charge in [-0.05, 0) is 37.1 Å². The SMILES string of the molecule is CCC[N+]1(C(=O)O)CC2CC(CN(CC(O)COc3ccc(C#N)cc3)C2)C1. The lowest BCUT2D eigenvalue weighted by atomic mass is 9.83. The average Bonchev–Trinajstić information content (AvgIpc) is 2.66. The molecule has 28 heavy (non-hydrogen) atoms. The molecule has 3 rings (SSSR count). The number of aliphatic hydroxyl groups is 1. The van der Waals surface area contributed by atoms with Crippen LogP contribution in [0.1, 0.15) is 25.3 Å². The summed E-state index contributed by atoms with van der Waals surface area (Å²) < 4.78 is 5.83. The van der Waals surface area contributed by atoms with Gasteiger partial charge in [0.2, 0.25) is 0 Å². The van der Waals surface area contributed by atoms with Crippen molar-refractivity contribution < 1.29 is 24.2 Å². The minimum atomic E-state index is -0.694. The predicted octanol–water partition coefficient (Wildman–Crippen LogP) is 2.15. The zero-order valence-electron chi connectivity index (χ0n) is 16.5. The summed E-state index contributed by atoms with van der Waals surface area (Å²) in [6, 6.07) is 8.91. The number of quaternary nitrogens is 1. The zero-order chi connectivity index (χ0) is 20.1. The summed E-state index contributed by atoms with van der Waals surface area (Å²) in [6.07, 6.45) is 0.663. The van der Waals surface area contributed by atoms with E-state index >= 15 is 0 Å².